The van der Waals surface area contributed by atoms with Gasteiger partial charge in [-0.05, 0) is 55.0 Å². The van der Waals surface area contributed by atoms with E-state index >= 15 is 0 Å². The number of carbonyl (C=O) groups is 2. The summed E-state index contributed by atoms with van der Waals surface area (Å²) >= 11 is 1.41. The van der Waals surface area contributed by atoms with Crippen molar-refractivity contribution in [2.75, 3.05) is 4.90 Å². The molecule has 1 N–H and O–H groups in total. The Balaban J connectivity index is 1.68. The van der Waals surface area contributed by atoms with Crippen molar-refractivity contribution in [3.63, 3.8) is 0 Å². The number of aliphatic hydroxyl groups is 1. The molecule has 4 aromatic rings. The number of furan rings is 1. The zero-order chi connectivity index (χ0) is 21.7. The average molecular weight is 434 g/mol. The third kappa shape index (κ3) is 3.12. The van der Waals surface area contributed by atoms with Crippen LogP contribution in [-0.2, 0) is 4.79 Å². The van der Waals surface area contributed by atoms with Crippen molar-refractivity contribution in [1.82, 2.24) is 4.98 Å². The summed E-state index contributed by atoms with van der Waals surface area (Å²) in [5, 5.41) is 10.7. The molecule has 5 rings (SSSR count). The fourth-order valence-electron chi connectivity index (χ4n) is 3.75. The van der Waals surface area contributed by atoms with Gasteiger partial charge in [-0.2, -0.15) is 0 Å². The second-order valence-electron chi connectivity index (χ2n) is 7.14. The Kier molecular flexibility index (Phi) is 4.44. The van der Waals surface area contributed by atoms with E-state index < -0.39 is 29.3 Å². The van der Waals surface area contributed by atoms with Gasteiger partial charge in [-0.25, -0.2) is 9.37 Å². The fourth-order valence-corrected chi connectivity index (χ4v) is 4.46. The molecule has 0 aliphatic carbocycles. The van der Waals surface area contributed by atoms with E-state index in [1.54, 1.807) is 36.7 Å². The van der Waals surface area contributed by atoms with Gasteiger partial charge in [0.1, 0.15) is 11.6 Å². The Hall–Kier alpha value is -3.78. The van der Waals surface area contributed by atoms with Gasteiger partial charge in [-0.15, -0.1) is 11.3 Å². The molecule has 0 saturated carbocycles. The third-order valence-electron chi connectivity index (χ3n) is 5.20. The molecular formula is C23H15FN2O4S. The van der Waals surface area contributed by atoms with Crippen LogP contribution in [0.4, 0.5) is 10.1 Å². The molecule has 2 aromatic heterocycles. The second kappa shape index (κ2) is 7.17. The van der Waals surface area contributed by atoms with E-state index in [0.717, 1.165) is 10.2 Å². The Labute approximate surface area is 179 Å². The molecule has 1 unspecified atom stereocenters. The van der Waals surface area contributed by atoms with Crippen LogP contribution in [0.3, 0.4) is 0 Å². The highest BCUT2D eigenvalue weighted by atomic mass is 32.1. The Bertz CT molecular complexity index is 1370. The van der Waals surface area contributed by atoms with Crippen LogP contribution in [0.5, 0.6) is 0 Å². The minimum absolute atomic E-state index is 0.0127. The van der Waals surface area contributed by atoms with E-state index in [2.05, 4.69) is 4.98 Å². The first kappa shape index (κ1) is 19.2. The number of fused-ring (bicyclic) bond motifs is 1. The predicted octanol–water partition coefficient (Wildman–Crippen LogP) is 5.12. The van der Waals surface area contributed by atoms with Crippen LogP contribution in [-0.4, -0.2) is 21.8 Å². The molecule has 1 atom stereocenters. The van der Waals surface area contributed by atoms with Crippen LogP contribution in [0.2, 0.25) is 0 Å². The van der Waals surface area contributed by atoms with Crippen molar-refractivity contribution >= 4 is 38.9 Å². The molecule has 2 aromatic carbocycles. The highest BCUT2D eigenvalue weighted by Gasteiger charge is 2.45. The summed E-state index contributed by atoms with van der Waals surface area (Å²) in [6, 6.07) is 12.9. The van der Waals surface area contributed by atoms with Crippen molar-refractivity contribution in [1.29, 1.82) is 0 Å². The van der Waals surface area contributed by atoms with Crippen molar-refractivity contribution in [2.24, 2.45) is 0 Å². The van der Waals surface area contributed by atoms with Crippen molar-refractivity contribution < 1.29 is 23.5 Å². The summed E-state index contributed by atoms with van der Waals surface area (Å²) in [7, 11) is 0. The Morgan fingerprint density at radius 2 is 1.94 bits per heavy atom. The molecule has 31 heavy (non-hydrogen) atoms. The number of Topliss-reactive ketones (excluding diaryl/α,β-unsaturated/α-hetero) is 1. The molecule has 6 nitrogen and oxygen atoms in total. The van der Waals surface area contributed by atoms with Crippen molar-refractivity contribution in [2.45, 2.75) is 13.0 Å². The van der Waals surface area contributed by atoms with Gasteiger partial charge >= 0.3 is 0 Å². The molecular weight excluding hydrogens is 419 g/mol. The van der Waals surface area contributed by atoms with E-state index in [-0.39, 0.29) is 11.3 Å². The first-order valence-corrected chi connectivity index (χ1v) is 10.3. The number of halogens is 1. The number of rotatable bonds is 4. The van der Waals surface area contributed by atoms with Gasteiger partial charge in [0.15, 0.2) is 11.5 Å². The summed E-state index contributed by atoms with van der Waals surface area (Å²) in [6.07, 6.45) is 0. The molecule has 0 saturated heterocycles. The highest BCUT2D eigenvalue weighted by Crippen LogP contribution is 2.42. The summed E-state index contributed by atoms with van der Waals surface area (Å²) in [4.78, 5) is 32.0. The topological polar surface area (TPSA) is 83.6 Å². The molecule has 154 valence electrons. The number of hydrogen-bond acceptors (Lipinski definition) is 6. The van der Waals surface area contributed by atoms with Gasteiger partial charge < -0.3 is 9.52 Å². The SMILES string of the molecule is Cc1ccc(C(=O)C2=C(O)C(=O)N(c3ccc4ncsc4c3)C2c2ccc(F)cc2)o1. The van der Waals surface area contributed by atoms with Gasteiger partial charge in [0.2, 0.25) is 5.78 Å². The molecule has 0 bridgehead atoms. The molecule has 8 heteroatoms. The summed E-state index contributed by atoms with van der Waals surface area (Å²) in [5.74, 6) is -1.89. The Morgan fingerprint density at radius 3 is 2.65 bits per heavy atom. The molecule has 1 aliphatic heterocycles. The van der Waals surface area contributed by atoms with Crippen LogP contribution < -0.4 is 4.90 Å². The van der Waals surface area contributed by atoms with Crippen molar-refractivity contribution in [3.8, 4) is 0 Å². The zero-order valence-corrected chi connectivity index (χ0v) is 17.0. The van der Waals surface area contributed by atoms with Crippen LogP contribution in [0.15, 0.2) is 75.9 Å². The number of aryl methyl sites for hydroxylation is 1. The van der Waals surface area contributed by atoms with Crippen LogP contribution in [0.1, 0.15) is 27.9 Å². The first-order valence-electron chi connectivity index (χ1n) is 9.40. The van der Waals surface area contributed by atoms with Gasteiger partial charge in [-0.1, -0.05) is 12.1 Å². The number of benzene rings is 2. The number of aliphatic hydroxyl groups excluding tert-OH is 1. The fraction of sp³-hybridized carbons (Fsp3) is 0.0870. The van der Waals surface area contributed by atoms with E-state index in [4.69, 9.17) is 4.42 Å². The summed E-state index contributed by atoms with van der Waals surface area (Å²) in [6.45, 7) is 1.69. The number of carbonyl (C=O) groups excluding carboxylic acids is 2. The lowest BCUT2D eigenvalue weighted by Crippen LogP contribution is -2.31. The molecule has 1 aliphatic rings. The van der Waals surface area contributed by atoms with Gasteiger partial charge in [-0.3, -0.25) is 14.5 Å². The van der Waals surface area contributed by atoms with E-state index in [1.165, 1.54) is 46.6 Å². The maximum Gasteiger partial charge on any atom is 0.294 e. The average Bonchev–Trinajstić information content (AvgIpc) is 3.46. The zero-order valence-electron chi connectivity index (χ0n) is 16.2. The largest absolute Gasteiger partial charge is 0.503 e. The number of amides is 1. The molecule has 0 radical (unpaired) electrons. The number of anilines is 1. The van der Waals surface area contributed by atoms with Gasteiger partial charge in [0.05, 0.1) is 27.3 Å². The summed E-state index contributed by atoms with van der Waals surface area (Å²) in [5.41, 5.74) is 3.33. The number of nitrogens with zero attached hydrogens (tertiary/aromatic N) is 2. The quantitative estimate of drug-likeness (QED) is 0.451. The number of hydrogen-bond donors (Lipinski definition) is 1. The number of thiazole rings is 1. The highest BCUT2D eigenvalue weighted by molar-refractivity contribution is 7.16. The first-order chi connectivity index (χ1) is 14.9. The minimum atomic E-state index is -0.948. The second-order valence-corrected chi connectivity index (χ2v) is 8.02. The van der Waals surface area contributed by atoms with Crippen molar-refractivity contribution in [3.05, 3.63) is 94.3 Å². The van der Waals surface area contributed by atoms with Crippen LogP contribution in [0.25, 0.3) is 10.2 Å². The summed E-state index contributed by atoms with van der Waals surface area (Å²) < 4.78 is 19.9. The number of ketones is 1. The van der Waals surface area contributed by atoms with Gasteiger partial charge in [0.25, 0.3) is 5.91 Å². The lowest BCUT2D eigenvalue weighted by atomic mass is 9.95. The predicted molar refractivity (Wildman–Crippen MR) is 114 cm³/mol. The maximum atomic E-state index is 13.6. The lowest BCUT2D eigenvalue weighted by Gasteiger charge is -2.26. The standard InChI is InChI=1S/C23H15FN2O4S/c1-12-2-9-17(30-12)21(27)19-20(13-3-5-14(24)6-4-13)26(23(29)22(19)28)15-7-8-16-18(10-15)31-11-25-16/h2-11,20,28H,1H3. The monoisotopic (exact) mass is 434 g/mol. The molecule has 1 amide bonds. The van der Waals surface area contributed by atoms with E-state index in [9.17, 15) is 19.1 Å². The maximum absolute atomic E-state index is 13.6. The molecule has 3 heterocycles. The van der Waals surface area contributed by atoms with Crippen LogP contribution >= 0.6 is 11.3 Å². The van der Waals surface area contributed by atoms with E-state index in [0.29, 0.717) is 17.0 Å². The smallest absolute Gasteiger partial charge is 0.294 e. The minimum Gasteiger partial charge on any atom is -0.503 e. The third-order valence-corrected chi connectivity index (χ3v) is 5.99. The van der Waals surface area contributed by atoms with Gasteiger partial charge in [0, 0.05) is 5.69 Å². The van der Waals surface area contributed by atoms with Crippen LogP contribution in [0, 0.1) is 12.7 Å². The molecule has 0 fully saturated rings. The van der Waals surface area contributed by atoms with E-state index in [1.807, 2.05) is 0 Å². The number of aromatic nitrogens is 1. The Morgan fingerprint density at radius 1 is 1.16 bits per heavy atom. The lowest BCUT2D eigenvalue weighted by molar-refractivity contribution is -0.117. The normalized spacial score (nSPS) is 16.5. The molecule has 0 spiro atoms.